The molecule has 1 rings (SSSR count). The van der Waals surface area contributed by atoms with E-state index in [9.17, 15) is 0 Å². The summed E-state index contributed by atoms with van der Waals surface area (Å²) in [6.07, 6.45) is 24.6. The van der Waals surface area contributed by atoms with Crippen LogP contribution in [-0.2, 0) is 13.3 Å². The van der Waals surface area contributed by atoms with Crippen molar-refractivity contribution in [2.75, 3.05) is 19.8 Å². The second-order valence-corrected chi connectivity index (χ2v) is 9.53. The average molecular weight is 393 g/mol. The molecule has 0 amide bonds. The molecule has 0 heterocycles. The van der Waals surface area contributed by atoms with E-state index in [0.717, 1.165) is 24.5 Å². The molecule has 1 aliphatic carbocycles. The van der Waals surface area contributed by atoms with Crippen molar-refractivity contribution in [3.63, 3.8) is 0 Å². The van der Waals surface area contributed by atoms with Gasteiger partial charge in [0.15, 0.2) is 0 Å². The van der Waals surface area contributed by atoms with E-state index >= 15 is 0 Å². The number of allylic oxidation sites excluding steroid dienone is 8. The van der Waals surface area contributed by atoms with Gasteiger partial charge in [0.2, 0.25) is 0 Å². The third-order valence-electron chi connectivity index (χ3n) is 4.47. The van der Waals surface area contributed by atoms with Crippen LogP contribution in [0.25, 0.3) is 0 Å². The molecule has 0 aromatic carbocycles. The third-order valence-corrected chi connectivity index (χ3v) is 7.26. The smallest absolute Gasteiger partial charge is 0.370 e. The average Bonchev–Trinajstić information content (AvgIpc) is 2.65. The molecule has 0 radical (unpaired) electrons. The normalized spacial score (nSPS) is 16.6. The molecular formula is C23H40O3Si. The van der Waals surface area contributed by atoms with Gasteiger partial charge in [-0.05, 0) is 19.3 Å². The minimum Gasteiger partial charge on any atom is -0.370 e. The predicted octanol–water partition coefficient (Wildman–Crippen LogP) is 6.69. The Morgan fingerprint density at radius 1 is 0.593 bits per heavy atom. The Morgan fingerprint density at radius 3 is 1.52 bits per heavy atom. The van der Waals surface area contributed by atoms with Crippen LogP contribution in [-0.4, -0.2) is 28.6 Å². The Bertz CT molecular complexity index is 449. The number of unbranched alkanes of at least 4 members (excludes halogenated alkanes) is 6. The van der Waals surface area contributed by atoms with Crippen molar-refractivity contribution in [2.24, 2.45) is 0 Å². The molecule has 0 atom stereocenters. The first-order valence-corrected chi connectivity index (χ1v) is 12.7. The second kappa shape index (κ2) is 16.1. The number of hydrogen-bond donors (Lipinski definition) is 0. The van der Waals surface area contributed by atoms with Crippen LogP contribution in [0.15, 0.2) is 47.7 Å². The Balaban J connectivity index is 2.95. The van der Waals surface area contributed by atoms with Crippen LogP contribution < -0.4 is 0 Å². The summed E-state index contributed by atoms with van der Waals surface area (Å²) in [6, 6.07) is 0. The van der Waals surface area contributed by atoms with E-state index in [2.05, 4.69) is 45.1 Å². The van der Waals surface area contributed by atoms with Crippen molar-refractivity contribution in [1.82, 2.24) is 0 Å². The van der Waals surface area contributed by atoms with E-state index in [1.54, 1.807) is 0 Å². The highest BCUT2D eigenvalue weighted by Gasteiger charge is 2.44. The first-order valence-electron chi connectivity index (χ1n) is 10.9. The maximum atomic E-state index is 6.45. The van der Waals surface area contributed by atoms with E-state index < -0.39 is 8.80 Å². The van der Waals surface area contributed by atoms with Crippen LogP contribution >= 0.6 is 0 Å². The first-order chi connectivity index (χ1) is 13.3. The van der Waals surface area contributed by atoms with Gasteiger partial charge in [-0.15, -0.1) is 0 Å². The van der Waals surface area contributed by atoms with Crippen molar-refractivity contribution in [3.05, 3.63) is 47.7 Å². The number of hydrogen-bond acceptors (Lipinski definition) is 3. The number of rotatable bonds is 16. The molecule has 0 spiro atoms. The van der Waals surface area contributed by atoms with E-state index in [1.807, 2.05) is 18.2 Å². The van der Waals surface area contributed by atoms with Gasteiger partial charge in [-0.1, -0.05) is 102 Å². The molecule has 0 saturated carbocycles. The van der Waals surface area contributed by atoms with Gasteiger partial charge in [0.25, 0.3) is 0 Å². The summed E-state index contributed by atoms with van der Waals surface area (Å²) in [4.78, 5) is 0. The lowest BCUT2D eigenvalue weighted by molar-refractivity contribution is 0.0652. The van der Waals surface area contributed by atoms with E-state index in [-0.39, 0.29) is 0 Å². The zero-order chi connectivity index (χ0) is 19.6. The Hall–Kier alpha value is -0.943. The molecule has 0 bridgehead atoms. The monoisotopic (exact) mass is 392 g/mol. The molecule has 0 aromatic heterocycles. The fourth-order valence-corrected chi connectivity index (χ4v) is 5.41. The summed E-state index contributed by atoms with van der Waals surface area (Å²) < 4.78 is 19.3. The molecule has 4 heteroatoms. The zero-order valence-electron chi connectivity index (χ0n) is 17.8. The summed E-state index contributed by atoms with van der Waals surface area (Å²) >= 11 is 0. The fraction of sp³-hybridized carbons (Fsp3) is 0.652. The molecular weight excluding hydrogens is 352 g/mol. The van der Waals surface area contributed by atoms with Crippen LogP contribution in [0.3, 0.4) is 0 Å². The Morgan fingerprint density at radius 2 is 1.04 bits per heavy atom. The van der Waals surface area contributed by atoms with Crippen LogP contribution in [0, 0.1) is 0 Å². The molecule has 0 fully saturated rings. The highest BCUT2D eigenvalue weighted by molar-refractivity contribution is 6.69. The lowest BCUT2D eigenvalue weighted by Gasteiger charge is -2.31. The molecule has 154 valence electrons. The molecule has 27 heavy (non-hydrogen) atoms. The fourth-order valence-electron chi connectivity index (χ4n) is 2.82. The zero-order valence-corrected chi connectivity index (χ0v) is 18.8. The van der Waals surface area contributed by atoms with Crippen molar-refractivity contribution in [3.8, 4) is 0 Å². The topological polar surface area (TPSA) is 27.7 Å². The predicted molar refractivity (Wildman–Crippen MR) is 118 cm³/mol. The maximum Gasteiger partial charge on any atom is 0.537 e. The van der Waals surface area contributed by atoms with Crippen LogP contribution in [0.5, 0.6) is 0 Å². The standard InChI is InChI=1S/C23H40O3Si/c1-4-7-15-20-24-27(25-21-16-8-5-2,26-22-17-9-6-3)23-18-13-11-10-12-14-19-23/h10-14,18-19H,4-9,15-17,20-22H2,1-3H3/b11-10-,12-10?,13-11?,14-12-,18-13?,19-14?,23-18?,23-19?. The van der Waals surface area contributed by atoms with Crippen molar-refractivity contribution < 1.29 is 13.3 Å². The Labute approximate surface area is 168 Å². The quantitative estimate of drug-likeness (QED) is 0.216. The summed E-state index contributed by atoms with van der Waals surface area (Å²) in [5.74, 6) is 0. The highest BCUT2D eigenvalue weighted by Crippen LogP contribution is 2.24. The van der Waals surface area contributed by atoms with Gasteiger partial charge in [0, 0.05) is 25.0 Å². The van der Waals surface area contributed by atoms with E-state index in [0.29, 0.717) is 19.8 Å². The summed E-state index contributed by atoms with van der Waals surface area (Å²) in [5, 5.41) is 1.06. The van der Waals surface area contributed by atoms with Crippen LogP contribution in [0.4, 0.5) is 0 Å². The third kappa shape index (κ3) is 10.2. The summed E-state index contributed by atoms with van der Waals surface area (Å²) in [6.45, 7) is 8.74. The lowest BCUT2D eigenvalue weighted by Crippen LogP contribution is -2.48. The first kappa shape index (κ1) is 24.1. The molecule has 0 saturated heterocycles. The molecule has 0 aromatic rings. The van der Waals surface area contributed by atoms with Gasteiger partial charge < -0.3 is 13.3 Å². The van der Waals surface area contributed by atoms with Gasteiger partial charge in [-0.25, -0.2) is 0 Å². The van der Waals surface area contributed by atoms with E-state index in [4.69, 9.17) is 13.3 Å². The molecule has 3 nitrogen and oxygen atoms in total. The minimum atomic E-state index is -2.91. The van der Waals surface area contributed by atoms with Crippen molar-refractivity contribution in [1.29, 1.82) is 0 Å². The highest BCUT2D eigenvalue weighted by atomic mass is 28.4. The second-order valence-electron chi connectivity index (χ2n) is 6.97. The molecule has 0 aliphatic heterocycles. The Kier molecular flexibility index (Phi) is 14.3. The SMILES string of the molecule is CCCCCO[Si](OCCCCC)(OCCCCC)C1=C/C=C\C=C/C=C1. The lowest BCUT2D eigenvalue weighted by atomic mass is 10.3. The van der Waals surface area contributed by atoms with Gasteiger partial charge in [0.05, 0.1) is 0 Å². The van der Waals surface area contributed by atoms with E-state index in [1.165, 1.54) is 38.5 Å². The molecule has 0 unspecified atom stereocenters. The summed E-state index contributed by atoms with van der Waals surface area (Å²) in [5.41, 5.74) is 0. The summed E-state index contributed by atoms with van der Waals surface area (Å²) in [7, 11) is -2.91. The van der Waals surface area contributed by atoms with Gasteiger partial charge in [-0.2, -0.15) is 0 Å². The van der Waals surface area contributed by atoms with Gasteiger partial charge >= 0.3 is 8.80 Å². The van der Waals surface area contributed by atoms with Crippen LogP contribution in [0.2, 0.25) is 0 Å². The minimum absolute atomic E-state index is 0.701. The van der Waals surface area contributed by atoms with Gasteiger partial charge in [0.1, 0.15) is 0 Å². The molecule has 1 aliphatic rings. The van der Waals surface area contributed by atoms with Gasteiger partial charge in [-0.3, -0.25) is 0 Å². The van der Waals surface area contributed by atoms with Crippen molar-refractivity contribution in [2.45, 2.75) is 78.6 Å². The van der Waals surface area contributed by atoms with Crippen molar-refractivity contribution >= 4 is 8.80 Å². The largest absolute Gasteiger partial charge is 0.537 e. The molecule has 0 N–H and O–H groups in total. The maximum absolute atomic E-state index is 6.45. The van der Waals surface area contributed by atoms with Crippen LogP contribution in [0.1, 0.15) is 78.6 Å².